The lowest BCUT2D eigenvalue weighted by molar-refractivity contribution is -0.121. The van der Waals surface area contributed by atoms with Crippen LogP contribution in [0.1, 0.15) is 35.1 Å². The number of rotatable bonds is 8. The maximum absolute atomic E-state index is 12.3. The molecule has 0 unspecified atom stereocenters. The summed E-state index contributed by atoms with van der Waals surface area (Å²) in [5.41, 5.74) is 3.53. The van der Waals surface area contributed by atoms with Gasteiger partial charge in [-0.1, -0.05) is 36.8 Å². The van der Waals surface area contributed by atoms with Gasteiger partial charge in [0, 0.05) is 25.1 Å². The lowest BCUT2D eigenvalue weighted by Crippen LogP contribution is -2.30. The zero-order valence-electron chi connectivity index (χ0n) is 16.4. The number of fused-ring (bicyclic) bond motifs is 1. The summed E-state index contributed by atoms with van der Waals surface area (Å²) in [5.74, 6) is 0.648. The van der Waals surface area contributed by atoms with Crippen LogP contribution in [-0.4, -0.2) is 34.5 Å². The molecular weight excluding hydrogens is 352 g/mol. The molecule has 3 rings (SSSR count). The van der Waals surface area contributed by atoms with E-state index in [4.69, 9.17) is 0 Å². The smallest absolute Gasteiger partial charge is 0.251 e. The first-order valence-electron chi connectivity index (χ1n) is 9.64. The van der Waals surface area contributed by atoms with Crippen LogP contribution in [0.5, 0.6) is 0 Å². The average molecular weight is 378 g/mol. The van der Waals surface area contributed by atoms with Crippen molar-refractivity contribution in [3.63, 3.8) is 0 Å². The van der Waals surface area contributed by atoms with Crippen molar-refractivity contribution < 1.29 is 9.59 Å². The van der Waals surface area contributed by atoms with E-state index in [1.54, 1.807) is 0 Å². The van der Waals surface area contributed by atoms with Crippen LogP contribution in [0.25, 0.3) is 11.0 Å². The molecule has 2 amide bonds. The van der Waals surface area contributed by atoms with Gasteiger partial charge >= 0.3 is 0 Å². The molecule has 28 heavy (non-hydrogen) atoms. The Hall–Kier alpha value is -3.15. The molecule has 0 aliphatic heterocycles. The predicted molar refractivity (Wildman–Crippen MR) is 110 cm³/mol. The normalized spacial score (nSPS) is 10.8. The van der Waals surface area contributed by atoms with Gasteiger partial charge in [0.15, 0.2) is 0 Å². The number of aryl methyl sites for hydroxylation is 1. The van der Waals surface area contributed by atoms with Crippen LogP contribution >= 0.6 is 0 Å². The third kappa shape index (κ3) is 4.76. The van der Waals surface area contributed by atoms with E-state index in [9.17, 15) is 9.59 Å². The number of benzene rings is 2. The number of carbonyl (C=O) groups is 2. The molecule has 146 valence electrons. The maximum atomic E-state index is 12.3. The summed E-state index contributed by atoms with van der Waals surface area (Å²) < 4.78 is 1.93. The van der Waals surface area contributed by atoms with Gasteiger partial charge in [-0.2, -0.15) is 0 Å². The first-order chi connectivity index (χ1) is 13.6. The molecule has 0 aliphatic carbocycles. The van der Waals surface area contributed by atoms with E-state index in [2.05, 4.69) is 15.6 Å². The second-order valence-electron chi connectivity index (χ2n) is 6.82. The molecule has 0 saturated carbocycles. The van der Waals surface area contributed by atoms with Crippen molar-refractivity contribution in [3.05, 3.63) is 65.5 Å². The zero-order chi connectivity index (χ0) is 19.9. The minimum absolute atomic E-state index is 0.0325. The van der Waals surface area contributed by atoms with E-state index in [0.717, 1.165) is 28.8 Å². The second kappa shape index (κ2) is 9.17. The van der Waals surface area contributed by atoms with Crippen LogP contribution in [0.2, 0.25) is 0 Å². The van der Waals surface area contributed by atoms with Crippen LogP contribution in [0.4, 0.5) is 0 Å². The van der Waals surface area contributed by atoms with Gasteiger partial charge in [0.2, 0.25) is 5.91 Å². The second-order valence-corrected chi connectivity index (χ2v) is 6.82. The molecule has 1 aromatic heterocycles. The Balaban J connectivity index is 1.69. The van der Waals surface area contributed by atoms with Gasteiger partial charge in [-0.15, -0.1) is 0 Å². The number of aromatic nitrogens is 2. The molecule has 0 bridgehead atoms. The lowest BCUT2D eigenvalue weighted by atomic mass is 10.1. The minimum Gasteiger partial charge on any atom is -0.355 e. The zero-order valence-corrected chi connectivity index (χ0v) is 16.4. The molecule has 2 N–H and O–H groups in total. The van der Waals surface area contributed by atoms with Crippen LogP contribution in [0.3, 0.4) is 0 Å². The molecule has 0 fully saturated rings. The third-order valence-corrected chi connectivity index (χ3v) is 4.56. The number of hydrogen-bond donors (Lipinski definition) is 2. The van der Waals surface area contributed by atoms with E-state index in [1.807, 2.05) is 66.9 Å². The Labute approximate surface area is 165 Å². The Morgan fingerprint density at radius 2 is 1.75 bits per heavy atom. The van der Waals surface area contributed by atoms with E-state index in [1.165, 1.54) is 0 Å². The van der Waals surface area contributed by atoms with E-state index < -0.39 is 0 Å². The van der Waals surface area contributed by atoms with Gasteiger partial charge in [0.25, 0.3) is 5.91 Å². The van der Waals surface area contributed by atoms with Gasteiger partial charge in [-0.3, -0.25) is 9.59 Å². The summed E-state index contributed by atoms with van der Waals surface area (Å²) in [4.78, 5) is 29.2. The van der Waals surface area contributed by atoms with Crippen molar-refractivity contribution in [2.75, 3.05) is 13.1 Å². The van der Waals surface area contributed by atoms with Gasteiger partial charge in [-0.05, 0) is 37.6 Å². The number of amides is 2. The highest BCUT2D eigenvalue weighted by Gasteiger charge is 2.14. The Morgan fingerprint density at radius 3 is 2.50 bits per heavy atom. The van der Waals surface area contributed by atoms with Gasteiger partial charge in [0.1, 0.15) is 12.4 Å². The quantitative estimate of drug-likeness (QED) is 0.633. The van der Waals surface area contributed by atoms with Crippen molar-refractivity contribution in [2.24, 2.45) is 0 Å². The summed E-state index contributed by atoms with van der Waals surface area (Å²) in [7, 11) is 0. The Kier molecular flexibility index (Phi) is 6.42. The topological polar surface area (TPSA) is 76.0 Å². The molecular formula is C22H26N4O2. The molecule has 6 heteroatoms. The number of para-hydroxylation sites is 2. The Bertz CT molecular complexity index is 960. The van der Waals surface area contributed by atoms with E-state index >= 15 is 0 Å². The molecule has 3 aromatic rings. The van der Waals surface area contributed by atoms with Gasteiger partial charge < -0.3 is 15.2 Å². The van der Waals surface area contributed by atoms with Crippen molar-refractivity contribution in [1.29, 1.82) is 0 Å². The summed E-state index contributed by atoms with van der Waals surface area (Å²) in [6.45, 7) is 5.35. The van der Waals surface area contributed by atoms with Gasteiger partial charge in [0.05, 0.1) is 11.0 Å². The number of carbonyl (C=O) groups excluding carboxylic acids is 2. The van der Waals surface area contributed by atoms with Crippen LogP contribution in [0, 0.1) is 6.92 Å². The SMILES string of the molecule is CCCNC(=O)Cn1c(CCNC(=O)c2ccc(C)cc2)nc2ccccc21. The van der Waals surface area contributed by atoms with Crippen molar-refractivity contribution in [2.45, 2.75) is 33.2 Å². The monoisotopic (exact) mass is 378 g/mol. The number of hydrogen-bond acceptors (Lipinski definition) is 3. The molecule has 2 aromatic carbocycles. The summed E-state index contributed by atoms with van der Waals surface area (Å²) in [6.07, 6.45) is 1.45. The number of nitrogens with zero attached hydrogens (tertiary/aromatic N) is 2. The molecule has 0 saturated heterocycles. The first kappa shape index (κ1) is 19.6. The molecule has 0 spiro atoms. The number of nitrogens with one attached hydrogen (secondary N) is 2. The highest BCUT2D eigenvalue weighted by Crippen LogP contribution is 2.16. The fraction of sp³-hybridized carbons (Fsp3) is 0.318. The van der Waals surface area contributed by atoms with Crippen LogP contribution in [0.15, 0.2) is 48.5 Å². The summed E-state index contributed by atoms with van der Waals surface area (Å²) in [6, 6.07) is 15.2. The van der Waals surface area contributed by atoms with Crippen molar-refractivity contribution in [3.8, 4) is 0 Å². The molecule has 0 aliphatic rings. The predicted octanol–water partition coefficient (Wildman–Crippen LogP) is 2.84. The third-order valence-electron chi connectivity index (χ3n) is 4.56. The summed E-state index contributed by atoms with van der Waals surface area (Å²) in [5, 5.41) is 5.84. The highest BCUT2D eigenvalue weighted by molar-refractivity contribution is 5.94. The molecule has 0 radical (unpaired) electrons. The first-order valence-corrected chi connectivity index (χ1v) is 9.64. The van der Waals surface area contributed by atoms with E-state index in [-0.39, 0.29) is 18.4 Å². The fourth-order valence-electron chi connectivity index (χ4n) is 3.05. The van der Waals surface area contributed by atoms with Crippen LogP contribution < -0.4 is 10.6 Å². The van der Waals surface area contributed by atoms with Crippen molar-refractivity contribution >= 4 is 22.8 Å². The highest BCUT2D eigenvalue weighted by atomic mass is 16.2. The molecule has 1 heterocycles. The maximum Gasteiger partial charge on any atom is 0.251 e. The lowest BCUT2D eigenvalue weighted by Gasteiger charge is -2.10. The fourth-order valence-corrected chi connectivity index (χ4v) is 3.05. The standard InChI is InChI=1S/C22H26N4O2/c1-3-13-23-21(27)15-26-19-7-5-4-6-18(19)25-20(26)12-14-24-22(28)17-10-8-16(2)9-11-17/h4-11H,3,12-15H2,1-2H3,(H,23,27)(H,24,28). The molecule has 6 nitrogen and oxygen atoms in total. The summed E-state index contributed by atoms with van der Waals surface area (Å²) >= 11 is 0. The van der Waals surface area contributed by atoms with E-state index in [0.29, 0.717) is 25.1 Å². The molecule has 0 atom stereocenters. The minimum atomic E-state index is -0.108. The Morgan fingerprint density at radius 1 is 1.00 bits per heavy atom. The van der Waals surface area contributed by atoms with Gasteiger partial charge in [-0.25, -0.2) is 4.98 Å². The van der Waals surface area contributed by atoms with Crippen LogP contribution in [-0.2, 0) is 17.8 Å². The largest absolute Gasteiger partial charge is 0.355 e. The number of imidazole rings is 1. The van der Waals surface area contributed by atoms with Crippen molar-refractivity contribution in [1.82, 2.24) is 20.2 Å². The average Bonchev–Trinajstić information content (AvgIpc) is 3.04.